The third kappa shape index (κ3) is 3.39. The second-order valence-electron chi connectivity index (χ2n) is 2.83. The van der Waals surface area contributed by atoms with E-state index in [4.69, 9.17) is 9.79 Å². The molecule has 0 aromatic heterocycles. The molecule has 0 fully saturated rings. The summed E-state index contributed by atoms with van der Waals surface area (Å²) < 4.78 is 29.2. The lowest BCUT2D eigenvalue weighted by Crippen LogP contribution is -1.88. The Morgan fingerprint density at radius 2 is 2.33 bits per heavy atom. The summed E-state index contributed by atoms with van der Waals surface area (Å²) in [5.74, 6) is -0.588. The van der Waals surface area contributed by atoms with E-state index in [2.05, 4.69) is 0 Å². The van der Waals surface area contributed by atoms with E-state index in [0.29, 0.717) is 12.2 Å². The zero-order valence-corrected chi connectivity index (χ0v) is 9.13. The molecular formula is C10H10FNO2P+. The van der Waals surface area contributed by atoms with Gasteiger partial charge in [-0.3, -0.25) is 0 Å². The molecule has 15 heavy (non-hydrogen) atoms. The highest BCUT2D eigenvalue weighted by atomic mass is 31.1. The Kier molecular flexibility index (Phi) is 4.36. The van der Waals surface area contributed by atoms with Crippen molar-refractivity contribution in [3.8, 4) is 6.07 Å². The van der Waals surface area contributed by atoms with Crippen LogP contribution in [0.2, 0.25) is 0 Å². The molecule has 1 aromatic rings. The van der Waals surface area contributed by atoms with Gasteiger partial charge in [0.1, 0.15) is 11.9 Å². The Labute approximate surface area is 88.4 Å². The van der Waals surface area contributed by atoms with Crippen molar-refractivity contribution in [3.05, 3.63) is 35.1 Å². The van der Waals surface area contributed by atoms with Crippen molar-refractivity contribution < 1.29 is 13.5 Å². The Morgan fingerprint density at radius 1 is 1.60 bits per heavy atom. The highest BCUT2D eigenvalue weighted by Crippen LogP contribution is 2.28. The zero-order chi connectivity index (χ0) is 11.3. The van der Waals surface area contributed by atoms with E-state index >= 15 is 0 Å². The van der Waals surface area contributed by atoms with Crippen LogP contribution >= 0.6 is 8.03 Å². The molecule has 0 N–H and O–H groups in total. The number of hydrogen-bond donors (Lipinski definition) is 0. The topological polar surface area (TPSA) is 50.1 Å². The predicted octanol–water partition coefficient (Wildman–Crippen LogP) is 2.98. The molecule has 78 valence electrons. The first-order valence-electron chi connectivity index (χ1n) is 4.43. The monoisotopic (exact) mass is 226 g/mol. The Balaban J connectivity index is 2.76. The molecule has 1 rings (SSSR count). The lowest BCUT2D eigenvalue weighted by atomic mass is 10.1. The zero-order valence-electron chi connectivity index (χ0n) is 8.24. The second-order valence-corrected chi connectivity index (χ2v) is 4.07. The van der Waals surface area contributed by atoms with Crippen LogP contribution in [0.25, 0.3) is 0 Å². The van der Waals surface area contributed by atoms with E-state index in [0.717, 1.165) is 0 Å². The van der Waals surface area contributed by atoms with Gasteiger partial charge in [0.05, 0.1) is 12.2 Å². The maximum absolute atomic E-state index is 13.1. The van der Waals surface area contributed by atoms with Crippen molar-refractivity contribution in [2.45, 2.75) is 13.1 Å². The molecule has 0 bridgehead atoms. The first-order valence-corrected chi connectivity index (χ1v) is 5.79. The van der Waals surface area contributed by atoms with Crippen LogP contribution in [0.5, 0.6) is 0 Å². The van der Waals surface area contributed by atoms with Crippen LogP contribution in [0.1, 0.15) is 18.1 Å². The summed E-state index contributed by atoms with van der Waals surface area (Å²) in [7, 11) is -1.78. The highest BCUT2D eigenvalue weighted by molar-refractivity contribution is 7.38. The fourth-order valence-electron chi connectivity index (χ4n) is 1.09. The quantitative estimate of drug-likeness (QED) is 0.741. The minimum atomic E-state index is -1.78. The van der Waals surface area contributed by atoms with Crippen LogP contribution in [-0.2, 0) is 15.3 Å². The Morgan fingerprint density at radius 3 is 2.87 bits per heavy atom. The van der Waals surface area contributed by atoms with Crippen LogP contribution in [0.4, 0.5) is 4.39 Å². The predicted molar refractivity (Wildman–Crippen MR) is 54.1 cm³/mol. The van der Waals surface area contributed by atoms with Crippen LogP contribution in [-0.4, -0.2) is 6.61 Å². The largest absolute Gasteiger partial charge is 0.512 e. The smallest absolute Gasteiger partial charge is 0.206 e. The highest BCUT2D eigenvalue weighted by Gasteiger charge is 2.18. The summed E-state index contributed by atoms with van der Waals surface area (Å²) in [5.41, 5.74) is 0.562. The van der Waals surface area contributed by atoms with Crippen LogP contribution < -0.4 is 0 Å². The fourth-order valence-corrected chi connectivity index (χ4v) is 1.96. The summed E-state index contributed by atoms with van der Waals surface area (Å²) in [6.07, 6.45) is 0.172. The van der Waals surface area contributed by atoms with Crippen molar-refractivity contribution in [2.24, 2.45) is 0 Å². The van der Waals surface area contributed by atoms with Gasteiger partial charge in [-0.05, 0) is 23.6 Å². The van der Waals surface area contributed by atoms with Crippen molar-refractivity contribution in [1.29, 1.82) is 5.26 Å². The van der Waals surface area contributed by atoms with Crippen molar-refractivity contribution in [2.75, 3.05) is 6.61 Å². The van der Waals surface area contributed by atoms with E-state index in [1.165, 1.54) is 12.1 Å². The van der Waals surface area contributed by atoms with Gasteiger partial charge < -0.3 is 0 Å². The van der Waals surface area contributed by atoms with Crippen LogP contribution in [0.15, 0.2) is 18.2 Å². The van der Waals surface area contributed by atoms with Crippen molar-refractivity contribution in [3.63, 3.8) is 0 Å². The number of hydrogen-bond acceptors (Lipinski definition) is 3. The first kappa shape index (κ1) is 11.8. The molecule has 0 amide bonds. The average molecular weight is 226 g/mol. The van der Waals surface area contributed by atoms with Gasteiger partial charge in [0, 0.05) is 5.56 Å². The summed E-state index contributed by atoms with van der Waals surface area (Å²) in [5, 5.41) is 8.50. The molecule has 0 heterocycles. The lowest BCUT2D eigenvalue weighted by molar-refractivity contribution is 0.350. The van der Waals surface area contributed by atoms with Gasteiger partial charge in [-0.15, -0.1) is 4.52 Å². The number of rotatable bonds is 4. The van der Waals surface area contributed by atoms with Crippen LogP contribution in [0, 0.1) is 17.1 Å². The van der Waals surface area contributed by atoms with E-state index in [1.807, 2.05) is 0 Å². The third-order valence-corrected chi connectivity index (χ3v) is 2.91. The summed E-state index contributed by atoms with van der Waals surface area (Å²) in [4.78, 5) is 0. The molecule has 0 saturated heterocycles. The molecule has 0 aliphatic rings. The van der Waals surface area contributed by atoms with Gasteiger partial charge in [-0.25, -0.2) is 4.39 Å². The van der Waals surface area contributed by atoms with E-state index in [1.54, 1.807) is 19.1 Å². The number of nitriles is 1. The third-order valence-electron chi connectivity index (χ3n) is 1.74. The summed E-state index contributed by atoms with van der Waals surface area (Å²) in [6.45, 7) is 2.11. The molecule has 0 aliphatic heterocycles. The fraction of sp³-hybridized carbons (Fsp3) is 0.300. The van der Waals surface area contributed by atoms with Gasteiger partial charge in [-0.2, -0.15) is 5.26 Å². The molecule has 5 heteroatoms. The van der Waals surface area contributed by atoms with Crippen LogP contribution in [0.3, 0.4) is 0 Å². The Hall–Kier alpha value is -1.30. The lowest BCUT2D eigenvalue weighted by Gasteiger charge is -1.95. The molecular weight excluding hydrogens is 216 g/mol. The molecule has 0 radical (unpaired) electrons. The molecule has 0 aliphatic carbocycles. The van der Waals surface area contributed by atoms with Gasteiger partial charge in [0.2, 0.25) is 6.16 Å². The average Bonchev–Trinajstić information content (AvgIpc) is 2.18. The van der Waals surface area contributed by atoms with Gasteiger partial charge in [-0.1, -0.05) is 6.07 Å². The number of nitrogens with zero attached hydrogens (tertiary/aromatic N) is 1. The maximum atomic E-state index is 13.1. The minimum absolute atomic E-state index is 0.00890. The number of halogens is 1. The van der Waals surface area contributed by atoms with Gasteiger partial charge >= 0.3 is 8.03 Å². The molecule has 1 atom stereocenters. The summed E-state index contributed by atoms with van der Waals surface area (Å²) in [6, 6.07) is 5.89. The maximum Gasteiger partial charge on any atom is 0.512 e. The SMILES string of the molecule is CCO[P+](=O)Cc1ccc(C#N)c(F)c1. The number of benzene rings is 1. The second kappa shape index (κ2) is 5.55. The molecule has 0 spiro atoms. The molecule has 0 saturated carbocycles. The molecule has 1 aromatic carbocycles. The summed E-state index contributed by atoms with van der Waals surface area (Å²) >= 11 is 0. The Bertz CT molecular complexity index is 414. The minimum Gasteiger partial charge on any atom is -0.206 e. The van der Waals surface area contributed by atoms with E-state index in [9.17, 15) is 8.96 Å². The van der Waals surface area contributed by atoms with Gasteiger partial charge in [0.25, 0.3) is 0 Å². The first-order chi connectivity index (χ1) is 7.17. The van der Waals surface area contributed by atoms with Crippen molar-refractivity contribution in [1.82, 2.24) is 0 Å². The molecule has 3 nitrogen and oxygen atoms in total. The van der Waals surface area contributed by atoms with Gasteiger partial charge in [0.15, 0.2) is 0 Å². The van der Waals surface area contributed by atoms with E-state index < -0.39 is 13.8 Å². The van der Waals surface area contributed by atoms with E-state index in [-0.39, 0.29) is 11.7 Å². The normalized spacial score (nSPS) is 10.9. The molecule has 1 unspecified atom stereocenters. The standard InChI is InChI=1S/C10H10FNO2P/c1-2-14-15(13)7-8-3-4-9(6-12)10(11)5-8/h3-5H,2,7H2,1H3/q+1. The van der Waals surface area contributed by atoms with Crippen molar-refractivity contribution >= 4 is 8.03 Å².